The molecule has 0 spiro atoms. The van der Waals surface area contributed by atoms with Crippen LogP contribution in [-0.2, 0) is 4.79 Å². The zero-order chi connectivity index (χ0) is 13.1. The van der Waals surface area contributed by atoms with Crippen molar-refractivity contribution in [1.82, 2.24) is 4.98 Å². The van der Waals surface area contributed by atoms with Crippen LogP contribution in [0.2, 0.25) is 10.3 Å². The molecule has 0 aromatic carbocycles. The molecule has 3 nitrogen and oxygen atoms in total. The van der Waals surface area contributed by atoms with E-state index in [1.165, 1.54) is 12.8 Å². The molecule has 0 unspecified atom stereocenters. The van der Waals surface area contributed by atoms with Gasteiger partial charge in [-0.1, -0.05) is 36.0 Å². The quantitative estimate of drug-likeness (QED) is 0.846. The molecule has 1 amide bonds. The van der Waals surface area contributed by atoms with Gasteiger partial charge in [-0.2, -0.15) is 0 Å². The van der Waals surface area contributed by atoms with Gasteiger partial charge < -0.3 is 5.32 Å². The monoisotopic (exact) mass is 286 g/mol. The van der Waals surface area contributed by atoms with Crippen molar-refractivity contribution in [3.05, 3.63) is 21.9 Å². The van der Waals surface area contributed by atoms with Crippen LogP contribution >= 0.6 is 23.2 Å². The number of aromatic nitrogens is 1. The highest BCUT2D eigenvalue weighted by Gasteiger charge is 2.19. The molecular weight excluding hydrogens is 271 g/mol. The van der Waals surface area contributed by atoms with E-state index < -0.39 is 0 Å². The first-order valence-electron chi connectivity index (χ1n) is 6.18. The second kappa shape index (κ2) is 5.89. The van der Waals surface area contributed by atoms with Crippen molar-refractivity contribution < 1.29 is 4.79 Å². The van der Waals surface area contributed by atoms with Crippen molar-refractivity contribution in [1.29, 1.82) is 0 Å². The Kier molecular flexibility index (Phi) is 4.46. The van der Waals surface area contributed by atoms with Crippen molar-refractivity contribution in [3.8, 4) is 0 Å². The van der Waals surface area contributed by atoms with E-state index in [4.69, 9.17) is 23.2 Å². The first-order chi connectivity index (χ1) is 8.56. The molecule has 5 heteroatoms. The van der Waals surface area contributed by atoms with Crippen molar-refractivity contribution in [2.45, 2.75) is 39.0 Å². The lowest BCUT2D eigenvalue weighted by Gasteiger charge is -2.12. The Morgan fingerprint density at radius 2 is 2.11 bits per heavy atom. The Morgan fingerprint density at radius 1 is 1.44 bits per heavy atom. The molecule has 1 aliphatic rings. The number of hydrogen-bond donors (Lipinski definition) is 1. The molecule has 98 valence electrons. The third-order valence-electron chi connectivity index (χ3n) is 3.35. The van der Waals surface area contributed by atoms with Crippen LogP contribution in [0.25, 0.3) is 0 Å². The Morgan fingerprint density at radius 3 is 2.72 bits per heavy atom. The summed E-state index contributed by atoms with van der Waals surface area (Å²) in [4.78, 5) is 15.9. The number of carbonyl (C=O) groups excluding carboxylic acids is 1. The summed E-state index contributed by atoms with van der Waals surface area (Å²) in [5.41, 5.74) is 1.41. The van der Waals surface area contributed by atoms with Gasteiger partial charge in [0.2, 0.25) is 5.91 Å². The Bertz CT molecular complexity index is 433. The minimum atomic E-state index is 0.0102. The highest BCUT2D eigenvalue weighted by molar-refractivity contribution is 6.34. The van der Waals surface area contributed by atoms with E-state index in [-0.39, 0.29) is 11.1 Å². The molecule has 0 atom stereocenters. The maximum Gasteiger partial charge on any atom is 0.224 e. The second-order valence-corrected chi connectivity index (χ2v) is 5.58. The summed E-state index contributed by atoms with van der Waals surface area (Å²) in [5, 5.41) is 3.43. The van der Waals surface area contributed by atoms with Gasteiger partial charge in [0, 0.05) is 6.42 Å². The van der Waals surface area contributed by atoms with Gasteiger partial charge in [0.15, 0.2) is 5.15 Å². The number of pyridine rings is 1. The Balaban J connectivity index is 2.02. The number of hydrogen-bond acceptors (Lipinski definition) is 2. The molecule has 1 aromatic heterocycles. The normalized spacial score (nSPS) is 15.9. The zero-order valence-corrected chi connectivity index (χ0v) is 11.8. The topological polar surface area (TPSA) is 42.0 Å². The molecule has 0 aliphatic heterocycles. The number of rotatable bonds is 3. The SMILES string of the molecule is Cc1cc(Cl)nc(Cl)c1NC(=O)CC1CCCC1. The van der Waals surface area contributed by atoms with Crippen LogP contribution in [0, 0.1) is 12.8 Å². The van der Waals surface area contributed by atoms with Gasteiger partial charge in [0.25, 0.3) is 0 Å². The van der Waals surface area contributed by atoms with E-state index in [9.17, 15) is 4.79 Å². The third-order valence-corrected chi connectivity index (χ3v) is 3.82. The predicted molar refractivity (Wildman–Crippen MR) is 74.2 cm³/mol. The molecule has 1 N–H and O–H groups in total. The molecule has 1 saturated carbocycles. The van der Waals surface area contributed by atoms with Crippen LogP contribution in [0.3, 0.4) is 0 Å². The number of halogens is 2. The van der Waals surface area contributed by atoms with Crippen molar-refractivity contribution in [2.75, 3.05) is 5.32 Å². The molecule has 18 heavy (non-hydrogen) atoms. The van der Waals surface area contributed by atoms with Gasteiger partial charge in [0.1, 0.15) is 5.15 Å². The third kappa shape index (κ3) is 3.36. The molecule has 2 rings (SSSR count). The van der Waals surface area contributed by atoms with Crippen LogP contribution in [0.5, 0.6) is 0 Å². The summed E-state index contributed by atoms with van der Waals surface area (Å²) in [7, 11) is 0. The van der Waals surface area contributed by atoms with Crippen LogP contribution in [-0.4, -0.2) is 10.9 Å². The lowest BCUT2D eigenvalue weighted by atomic mass is 10.0. The van der Waals surface area contributed by atoms with E-state index in [2.05, 4.69) is 10.3 Å². The van der Waals surface area contributed by atoms with Gasteiger partial charge in [0.05, 0.1) is 5.69 Å². The van der Waals surface area contributed by atoms with E-state index in [1.54, 1.807) is 6.07 Å². The largest absolute Gasteiger partial charge is 0.323 e. The van der Waals surface area contributed by atoms with Crippen LogP contribution in [0.1, 0.15) is 37.7 Å². The maximum atomic E-state index is 11.9. The van der Waals surface area contributed by atoms with E-state index >= 15 is 0 Å². The number of amides is 1. The predicted octanol–water partition coefficient (Wildman–Crippen LogP) is 4.22. The van der Waals surface area contributed by atoms with Gasteiger partial charge in [-0.3, -0.25) is 4.79 Å². The van der Waals surface area contributed by atoms with Gasteiger partial charge in [-0.05, 0) is 37.3 Å². The summed E-state index contributed by atoms with van der Waals surface area (Å²) in [5.74, 6) is 0.528. The van der Waals surface area contributed by atoms with E-state index in [0.717, 1.165) is 18.4 Å². The number of aryl methyl sites for hydroxylation is 1. The minimum absolute atomic E-state index is 0.0102. The lowest BCUT2D eigenvalue weighted by molar-refractivity contribution is -0.117. The number of nitrogens with zero attached hydrogens (tertiary/aromatic N) is 1. The minimum Gasteiger partial charge on any atom is -0.323 e. The molecule has 0 saturated heterocycles. The van der Waals surface area contributed by atoms with E-state index in [0.29, 0.717) is 23.2 Å². The number of nitrogens with one attached hydrogen (secondary N) is 1. The fraction of sp³-hybridized carbons (Fsp3) is 0.538. The summed E-state index contributed by atoms with van der Waals surface area (Å²) < 4.78 is 0. The average Bonchev–Trinajstić information content (AvgIpc) is 2.76. The van der Waals surface area contributed by atoms with Crippen molar-refractivity contribution in [2.24, 2.45) is 5.92 Å². The van der Waals surface area contributed by atoms with Crippen molar-refractivity contribution in [3.63, 3.8) is 0 Å². The molecule has 0 bridgehead atoms. The fourth-order valence-corrected chi connectivity index (χ4v) is 2.99. The Hall–Kier alpha value is -0.800. The lowest BCUT2D eigenvalue weighted by Crippen LogP contribution is -2.16. The molecule has 1 fully saturated rings. The first kappa shape index (κ1) is 13.6. The smallest absolute Gasteiger partial charge is 0.224 e. The molecule has 1 aromatic rings. The van der Waals surface area contributed by atoms with Gasteiger partial charge in [-0.25, -0.2) is 4.98 Å². The average molecular weight is 287 g/mol. The standard InChI is InChI=1S/C13H16Cl2N2O/c1-8-6-10(14)16-13(15)12(8)17-11(18)7-9-4-2-3-5-9/h6,9H,2-5,7H2,1H3,(H,17,18). The molecular formula is C13H16Cl2N2O. The van der Waals surface area contributed by atoms with Crippen molar-refractivity contribution >= 4 is 34.8 Å². The highest BCUT2D eigenvalue weighted by atomic mass is 35.5. The summed E-state index contributed by atoms with van der Waals surface area (Å²) in [6.45, 7) is 1.85. The highest BCUT2D eigenvalue weighted by Crippen LogP contribution is 2.30. The summed E-state index contributed by atoms with van der Waals surface area (Å²) >= 11 is 11.8. The first-order valence-corrected chi connectivity index (χ1v) is 6.94. The summed E-state index contributed by atoms with van der Waals surface area (Å²) in [6.07, 6.45) is 5.34. The maximum absolute atomic E-state index is 11.9. The zero-order valence-electron chi connectivity index (χ0n) is 10.3. The summed E-state index contributed by atoms with van der Waals surface area (Å²) in [6, 6.07) is 1.69. The van der Waals surface area contributed by atoms with Crippen LogP contribution in [0.15, 0.2) is 6.07 Å². The Labute approximate surface area is 117 Å². The van der Waals surface area contributed by atoms with Crippen LogP contribution in [0.4, 0.5) is 5.69 Å². The van der Waals surface area contributed by atoms with Gasteiger partial charge >= 0.3 is 0 Å². The molecule has 1 aliphatic carbocycles. The van der Waals surface area contributed by atoms with E-state index in [1.807, 2.05) is 6.92 Å². The second-order valence-electron chi connectivity index (χ2n) is 4.83. The molecule has 1 heterocycles. The fourth-order valence-electron chi connectivity index (χ4n) is 2.41. The number of anilines is 1. The van der Waals surface area contributed by atoms with Gasteiger partial charge in [-0.15, -0.1) is 0 Å². The molecule has 0 radical (unpaired) electrons. The van der Waals surface area contributed by atoms with Crippen LogP contribution < -0.4 is 5.32 Å². The number of carbonyl (C=O) groups is 1.